The second-order valence-corrected chi connectivity index (χ2v) is 4.18. The molecule has 90 valence electrons. The molecule has 1 rings (SSSR count). The lowest BCUT2D eigenvalue weighted by Crippen LogP contribution is -2.25. The number of hydrogen-bond donors (Lipinski definition) is 0. The first kappa shape index (κ1) is 12.7. The van der Waals surface area contributed by atoms with Crippen LogP contribution in [0.4, 0.5) is 0 Å². The zero-order valence-corrected chi connectivity index (χ0v) is 9.99. The summed E-state index contributed by atoms with van der Waals surface area (Å²) in [6.07, 6.45) is 3.62. The Kier molecular flexibility index (Phi) is 4.52. The molecule has 0 bridgehead atoms. The Labute approximate surface area is 95.6 Å². The summed E-state index contributed by atoms with van der Waals surface area (Å²) in [6.45, 7) is 3.63. The van der Waals surface area contributed by atoms with Gasteiger partial charge < -0.3 is 9.47 Å². The quantitative estimate of drug-likeness (QED) is 0.689. The molecule has 1 atom stereocenters. The fraction of sp³-hybridized carbons (Fsp3) is 0.667. The third kappa shape index (κ3) is 3.36. The van der Waals surface area contributed by atoms with Gasteiger partial charge in [-0.25, -0.2) is 4.79 Å². The average Bonchev–Trinajstić information content (AvgIpc) is 2.27. The number of esters is 2. The van der Waals surface area contributed by atoms with Crippen molar-refractivity contribution in [3.05, 3.63) is 11.6 Å². The largest absolute Gasteiger partial charge is 0.466 e. The molecule has 0 spiro atoms. The van der Waals surface area contributed by atoms with Gasteiger partial charge in [-0.2, -0.15) is 0 Å². The van der Waals surface area contributed by atoms with Crippen LogP contribution in [0.3, 0.4) is 0 Å². The Hall–Kier alpha value is -1.32. The van der Waals surface area contributed by atoms with Crippen LogP contribution in [0.15, 0.2) is 11.6 Å². The molecular weight excluding hydrogens is 208 g/mol. The molecule has 4 nitrogen and oxygen atoms in total. The predicted molar refractivity (Wildman–Crippen MR) is 58.7 cm³/mol. The minimum Gasteiger partial charge on any atom is -0.466 e. The fourth-order valence-electron chi connectivity index (χ4n) is 1.74. The second kappa shape index (κ2) is 5.68. The van der Waals surface area contributed by atoms with Crippen molar-refractivity contribution >= 4 is 11.9 Å². The summed E-state index contributed by atoms with van der Waals surface area (Å²) in [5.41, 5.74) is 0.583. The van der Waals surface area contributed by atoms with E-state index >= 15 is 0 Å². The van der Waals surface area contributed by atoms with Gasteiger partial charge in [-0.3, -0.25) is 4.79 Å². The molecule has 0 saturated carbocycles. The number of carbonyl (C=O) groups is 2. The van der Waals surface area contributed by atoms with Gasteiger partial charge in [0, 0.05) is 5.57 Å². The molecule has 0 heterocycles. The Bertz CT molecular complexity index is 304. The summed E-state index contributed by atoms with van der Waals surface area (Å²) in [4.78, 5) is 23.0. The topological polar surface area (TPSA) is 52.6 Å². The van der Waals surface area contributed by atoms with Crippen molar-refractivity contribution in [3.63, 3.8) is 0 Å². The Morgan fingerprint density at radius 2 is 2.12 bits per heavy atom. The van der Waals surface area contributed by atoms with Crippen molar-refractivity contribution < 1.29 is 19.1 Å². The molecule has 0 aliphatic heterocycles. The zero-order valence-electron chi connectivity index (χ0n) is 9.99. The van der Waals surface area contributed by atoms with E-state index in [0.717, 1.165) is 12.8 Å². The molecule has 1 unspecified atom stereocenters. The molecule has 0 aromatic heterocycles. The Morgan fingerprint density at radius 3 is 2.69 bits per heavy atom. The van der Waals surface area contributed by atoms with E-state index in [-0.39, 0.29) is 24.0 Å². The summed E-state index contributed by atoms with van der Waals surface area (Å²) < 4.78 is 9.77. The van der Waals surface area contributed by atoms with E-state index in [0.29, 0.717) is 12.0 Å². The van der Waals surface area contributed by atoms with Crippen LogP contribution in [0.1, 0.15) is 33.1 Å². The SMILES string of the molecule is COC(=O)C1=CCCC(C(=O)OC(C)C)C1. The fourth-order valence-corrected chi connectivity index (χ4v) is 1.74. The third-order valence-corrected chi connectivity index (χ3v) is 2.50. The highest BCUT2D eigenvalue weighted by Crippen LogP contribution is 2.26. The number of carbonyl (C=O) groups excluding carboxylic acids is 2. The van der Waals surface area contributed by atoms with Crippen LogP contribution in [0, 0.1) is 5.92 Å². The van der Waals surface area contributed by atoms with Gasteiger partial charge in [0.15, 0.2) is 0 Å². The number of methoxy groups -OCH3 is 1. The molecule has 0 aromatic carbocycles. The summed E-state index contributed by atoms with van der Waals surface area (Å²) in [6, 6.07) is 0. The molecule has 16 heavy (non-hydrogen) atoms. The van der Waals surface area contributed by atoms with Crippen LogP contribution in [-0.4, -0.2) is 25.2 Å². The second-order valence-electron chi connectivity index (χ2n) is 4.18. The number of hydrogen-bond acceptors (Lipinski definition) is 4. The number of ether oxygens (including phenoxy) is 2. The average molecular weight is 226 g/mol. The standard InChI is InChI=1S/C12H18O4/c1-8(2)16-12(14)10-6-4-5-9(7-10)11(13)15-3/h5,8,10H,4,6-7H2,1-3H3. The molecule has 4 heteroatoms. The van der Waals surface area contributed by atoms with E-state index in [9.17, 15) is 9.59 Å². The van der Waals surface area contributed by atoms with Gasteiger partial charge in [0.2, 0.25) is 0 Å². The number of allylic oxidation sites excluding steroid dienone is 1. The molecule has 1 aliphatic carbocycles. The first-order chi connectivity index (χ1) is 7.54. The minimum atomic E-state index is -0.345. The van der Waals surface area contributed by atoms with E-state index in [1.54, 1.807) is 0 Å². The maximum Gasteiger partial charge on any atom is 0.333 e. The van der Waals surface area contributed by atoms with Crippen molar-refractivity contribution in [2.75, 3.05) is 7.11 Å². The van der Waals surface area contributed by atoms with Gasteiger partial charge in [0.1, 0.15) is 0 Å². The van der Waals surface area contributed by atoms with E-state index < -0.39 is 0 Å². The molecule has 0 aromatic rings. The molecule has 0 N–H and O–H groups in total. The van der Waals surface area contributed by atoms with Crippen LogP contribution < -0.4 is 0 Å². The highest BCUT2D eigenvalue weighted by atomic mass is 16.5. The summed E-state index contributed by atoms with van der Waals surface area (Å²) in [5.74, 6) is -0.770. The van der Waals surface area contributed by atoms with E-state index in [1.165, 1.54) is 7.11 Å². The van der Waals surface area contributed by atoms with Crippen LogP contribution in [0.25, 0.3) is 0 Å². The van der Waals surface area contributed by atoms with Crippen molar-refractivity contribution in [1.29, 1.82) is 0 Å². The number of rotatable bonds is 3. The maximum atomic E-state index is 11.7. The smallest absolute Gasteiger partial charge is 0.333 e. The van der Waals surface area contributed by atoms with E-state index in [4.69, 9.17) is 4.74 Å². The first-order valence-corrected chi connectivity index (χ1v) is 5.52. The Morgan fingerprint density at radius 1 is 1.44 bits per heavy atom. The van der Waals surface area contributed by atoms with Crippen LogP contribution in [0.2, 0.25) is 0 Å². The summed E-state index contributed by atoms with van der Waals surface area (Å²) in [5, 5.41) is 0. The van der Waals surface area contributed by atoms with E-state index in [1.807, 2.05) is 19.9 Å². The zero-order chi connectivity index (χ0) is 12.1. The van der Waals surface area contributed by atoms with Crippen LogP contribution in [-0.2, 0) is 19.1 Å². The third-order valence-electron chi connectivity index (χ3n) is 2.50. The van der Waals surface area contributed by atoms with Crippen molar-refractivity contribution in [2.24, 2.45) is 5.92 Å². The van der Waals surface area contributed by atoms with Crippen molar-refractivity contribution in [2.45, 2.75) is 39.2 Å². The van der Waals surface area contributed by atoms with Gasteiger partial charge in [-0.05, 0) is 33.1 Å². The molecule has 0 radical (unpaired) electrons. The molecule has 0 amide bonds. The van der Waals surface area contributed by atoms with Gasteiger partial charge in [-0.15, -0.1) is 0 Å². The van der Waals surface area contributed by atoms with E-state index in [2.05, 4.69) is 4.74 Å². The first-order valence-electron chi connectivity index (χ1n) is 5.52. The Balaban J connectivity index is 2.57. The van der Waals surface area contributed by atoms with Gasteiger partial charge in [0.05, 0.1) is 19.1 Å². The lowest BCUT2D eigenvalue weighted by molar-refractivity contribution is -0.152. The lowest BCUT2D eigenvalue weighted by atomic mass is 9.89. The minimum absolute atomic E-state index is 0.111. The highest BCUT2D eigenvalue weighted by molar-refractivity contribution is 5.89. The van der Waals surface area contributed by atoms with Crippen LogP contribution in [0.5, 0.6) is 0 Å². The molecule has 0 saturated heterocycles. The van der Waals surface area contributed by atoms with Crippen molar-refractivity contribution in [3.8, 4) is 0 Å². The molecular formula is C12H18O4. The van der Waals surface area contributed by atoms with Gasteiger partial charge >= 0.3 is 11.9 Å². The monoisotopic (exact) mass is 226 g/mol. The normalized spacial score (nSPS) is 20.2. The predicted octanol–water partition coefficient (Wildman–Crippen LogP) is 1.84. The maximum absolute atomic E-state index is 11.7. The summed E-state index contributed by atoms with van der Waals surface area (Å²) in [7, 11) is 1.35. The van der Waals surface area contributed by atoms with Crippen molar-refractivity contribution in [1.82, 2.24) is 0 Å². The highest BCUT2D eigenvalue weighted by Gasteiger charge is 2.27. The lowest BCUT2D eigenvalue weighted by Gasteiger charge is -2.21. The van der Waals surface area contributed by atoms with Gasteiger partial charge in [-0.1, -0.05) is 6.08 Å². The summed E-state index contributed by atoms with van der Waals surface area (Å²) >= 11 is 0. The molecule has 0 fully saturated rings. The van der Waals surface area contributed by atoms with Crippen LogP contribution >= 0.6 is 0 Å². The molecule has 1 aliphatic rings. The van der Waals surface area contributed by atoms with Gasteiger partial charge in [0.25, 0.3) is 0 Å².